The van der Waals surface area contributed by atoms with Gasteiger partial charge in [-0.15, -0.1) is 0 Å². The number of rotatable bonds is 51. The molecule has 0 aliphatic rings. The van der Waals surface area contributed by atoms with Gasteiger partial charge in [-0.25, -0.2) is 0 Å². The molecule has 0 spiro atoms. The summed E-state index contributed by atoms with van der Waals surface area (Å²) in [6, 6.07) is 0. The molecule has 0 saturated heterocycles. The van der Waals surface area contributed by atoms with E-state index in [4.69, 9.17) is 14.2 Å². The molecule has 0 radical (unpaired) electrons. The zero-order valence-corrected chi connectivity index (χ0v) is 45.9. The molecule has 0 bridgehead atoms. The Morgan fingerprint density at radius 2 is 0.535 bits per heavy atom. The quantitative estimate of drug-likeness (QED) is 0.0261. The molecule has 0 aliphatic heterocycles. The normalized spacial score (nSPS) is 13.0. The topological polar surface area (TPSA) is 78.9 Å². The van der Waals surface area contributed by atoms with Crippen molar-refractivity contribution < 1.29 is 28.6 Å². The SMILES string of the molecule is CCCCC/C=C\C/C=C\C/C=C\C/C=C\C/C=C\CCC(=O)OC[C@H](COC(=O)CCCCC/C=C\C/C=C\C/C=C\C/C=C\CCCCC)OC(=O)CCCCCCCCC/C=C\CCCCCC. The van der Waals surface area contributed by atoms with Crippen LogP contribution in [0.25, 0.3) is 0 Å². The predicted molar refractivity (Wildman–Crippen MR) is 306 cm³/mol. The zero-order valence-electron chi connectivity index (χ0n) is 45.9. The van der Waals surface area contributed by atoms with E-state index in [0.717, 1.165) is 89.9 Å². The molecule has 0 heterocycles. The Morgan fingerprint density at radius 3 is 0.930 bits per heavy atom. The lowest BCUT2D eigenvalue weighted by molar-refractivity contribution is -0.166. The summed E-state index contributed by atoms with van der Waals surface area (Å²) in [6.45, 7) is 6.47. The predicted octanol–water partition coefficient (Wildman–Crippen LogP) is 19.6. The minimum Gasteiger partial charge on any atom is -0.462 e. The number of carbonyl (C=O) groups excluding carboxylic acids is 3. The molecule has 0 amide bonds. The summed E-state index contributed by atoms with van der Waals surface area (Å²) in [6.07, 6.45) is 80.5. The molecule has 6 nitrogen and oxygen atoms in total. The minimum atomic E-state index is -0.828. The van der Waals surface area contributed by atoms with Crippen molar-refractivity contribution in [1.82, 2.24) is 0 Å². The highest BCUT2D eigenvalue weighted by molar-refractivity contribution is 5.71. The van der Waals surface area contributed by atoms with E-state index >= 15 is 0 Å². The number of allylic oxidation sites excluding steroid dienone is 20. The smallest absolute Gasteiger partial charge is 0.306 e. The highest BCUT2D eigenvalue weighted by Gasteiger charge is 2.19. The highest BCUT2D eigenvalue weighted by atomic mass is 16.6. The molecular formula is C65H106O6. The van der Waals surface area contributed by atoms with Gasteiger partial charge in [0.2, 0.25) is 0 Å². The van der Waals surface area contributed by atoms with Crippen molar-refractivity contribution in [3.8, 4) is 0 Å². The molecule has 0 fully saturated rings. The van der Waals surface area contributed by atoms with Gasteiger partial charge in [0.25, 0.3) is 0 Å². The summed E-state index contributed by atoms with van der Waals surface area (Å²) < 4.78 is 16.8. The second kappa shape index (κ2) is 58.4. The van der Waals surface area contributed by atoms with E-state index in [1.807, 2.05) is 6.08 Å². The van der Waals surface area contributed by atoms with Gasteiger partial charge in [0.1, 0.15) is 13.2 Å². The molecule has 0 N–H and O–H groups in total. The average Bonchev–Trinajstić information content (AvgIpc) is 3.37. The number of ether oxygens (including phenoxy) is 3. The van der Waals surface area contributed by atoms with E-state index in [1.165, 1.54) is 116 Å². The van der Waals surface area contributed by atoms with Crippen LogP contribution in [-0.4, -0.2) is 37.2 Å². The van der Waals surface area contributed by atoms with Gasteiger partial charge in [-0.2, -0.15) is 0 Å². The van der Waals surface area contributed by atoms with Crippen LogP contribution >= 0.6 is 0 Å². The van der Waals surface area contributed by atoms with E-state index in [2.05, 4.69) is 136 Å². The Balaban J connectivity index is 4.57. The van der Waals surface area contributed by atoms with E-state index in [0.29, 0.717) is 19.3 Å². The largest absolute Gasteiger partial charge is 0.462 e. The van der Waals surface area contributed by atoms with Crippen LogP contribution in [0.2, 0.25) is 0 Å². The van der Waals surface area contributed by atoms with Crippen molar-refractivity contribution >= 4 is 17.9 Å². The summed E-state index contributed by atoms with van der Waals surface area (Å²) >= 11 is 0. The Bertz CT molecular complexity index is 1500. The van der Waals surface area contributed by atoms with E-state index in [9.17, 15) is 14.4 Å². The van der Waals surface area contributed by atoms with Crippen molar-refractivity contribution in [3.63, 3.8) is 0 Å². The first-order valence-electron chi connectivity index (χ1n) is 29.0. The highest BCUT2D eigenvalue weighted by Crippen LogP contribution is 2.13. The maximum Gasteiger partial charge on any atom is 0.306 e. The fourth-order valence-corrected chi connectivity index (χ4v) is 7.52. The van der Waals surface area contributed by atoms with Crippen LogP contribution in [0.3, 0.4) is 0 Å². The first-order valence-corrected chi connectivity index (χ1v) is 29.0. The van der Waals surface area contributed by atoms with Crippen molar-refractivity contribution in [2.24, 2.45) is 0 Å². The van der Waals surface area contributed by atoms with Crippen LogP contribution in [0, 0.1) is 0 Å². The van der Waals surface area contributed by atoms with Crippen LogP contribution in [-0.2, 0) is 28.6 Å². The van der Waals surface area contributed by atoms with Crippen molar-refractivity contribution in [2.75, 3.05) is 13.2 Å². The van der Waals surface area contributed by atoms with Gasteiger partial charge in [-0.3, -0.25) is 14.4 Å². The molecule has 0 aliphatic carbocycles. The fraction of sp³-hybridized carbons (Fsp3) is 0.646. The summed E-state index contributed by atoms with van der Waals surface area (Å²) in [5.41, 5.74) is 0. The lowest BCUT2D eigenvalue weighted by Gasteiger charge is -2.18. The monoisotopic (exact) mass is 983 g/mol. The molecule has 0 aromatic rings. The summed E-state index contributed by atoms with van der Waals surface area (Å²) in [4.78, 5) is 38.1. The Hall–Kier alpha value is -4.19. The van der Waals surface area contributed by atoms with Crippen molar-refractivity contribution in [3.05, 3.63) is 122 Å². The van der Waals surface area contributed by atoms with Crippen LogP contribution in [0.1, 0.15) is 252 Å². The fourth-order valence-electron chi connectivity index (χ4n) is 7.52. The summed E-state index contributed by atoms with van der Waals surface area (Å²) in [5.74, 6) is -1.04. The molecule has 402 valence electrons. The number of hydrogen-bond donors (Lipinski definition) is 0. The molecule has 0 aromatic carbocycles. The summed E-state index contributed by atoms with van der Waals surface area (Å²) in [7, 11) is 0. The Labute approximate surface area is 437 Å². The molecule has 0 aromatic heterocycles. The molecule has 0 saturated carbocycles. The molecule has 71 heavy (non-hydrogen) atoms. The number of esters is 3. The second-order valence-electron chi connectivity index (χ2n) is 18.8. The maximum absolute atomic E-state index is 12.9. The zero-order chi connectivity index (χ0) is 51.4. The lowest BCUT2D eigenvalue weighted by Crippen LogP contribution is -2.30. The molecule has 6 heteroatoms. The molecule has 0 unspecified atom stereocenters. The third kappa shape index (κ3) is 56.6. The van der Waals surface area contributed by atoms with E-state index in [1.54, 1.807) is 0 Å². The Morgan fingerprint density at radius 1 is 0.282 bits per heavy atom. The van der Waals surface area contributed by atoms with Crippen LogP contribution in [0.5, 0.6) is 0 Å². The van der Waals surface area contributed by atoms with Gasteiger partial charge in [-0.1, -0.05) is 226 Å². The van der Waals surface area contributed by atoms with Gasteiger partial charge in [-0.05, 0) is 128 Å². The third-order valence-corrected chi connectivity index (χ3v) is 11.9. The Kier molecular flexibility index (Phi) is 54.9. The van der Waals surface area contributed by atoms with Crippen molar-refractivity contribution in [2.45, 2.75) is 258 Å². The van der Waals surface area contributed by atoms with Crippen LogP contribution < -0.4 is 0 Å². The summed E-state index contributed by atoms with van der Waals surface area (Å²) in [5, 5.41) is 0. The maximum atomic E-state index is 12.9. The third-order valence-electron chi connectivity index (χ3n) is 11.9. The minimum absolute atomic E-state index is 0.122. The first kappa shape index (κ1) is 66.8. The molecule has 1 atom stereocenters. The number of unbranched alkanes of at least 4 members (excludes halogenated alkanes) is 20. The van der Waals surface area contributed by atoms with E-state index < -0.39 is 6.10 Å². The lowest BCUT2D eigenvalue weighted by atomic mass is 10.1. The second-order valence-corrected chi connectivity index (χ2v) is 18.8. The molecule has 0 rings (SSSR count). The van der Waals surface area contributed by atoms with Gasteiger partial charge in [0.05, 0.1) is 0 Å². The number of carbonyl (C=O) groups is 3. The number of hydrogen-bond acceptors (Lipinski definition) is 6. The van der Waals surface area contributed by atoms with Crippen LogP contribution in [0.15, 0.2) is 122 Å². The van der Waals surface area contributed by atoms with Gasteiger partial charge in [0, 0.05) is 19.3 Å². The first-order chi connectivity index (χ1) is 35.0. The van der Waals surface area contributed by atoms with Gasteiger partial charge >= 0.3 is 17.9 Å². The van der Waals surface area contributed by atoms with Gasteiger partial charge in [0.15, 0.2) is 6.10 Å². The van der Waals surface area contributed by atoms with Crippen molar-refractivity contribution in [1.29, 1.82) is 0 Å². The van der Waals surface area contributed by atoms with Crippen LogP contribution in [0.4, 0.5) is 0 Å². The molecular weight excluding hydrogens is 877 g/mol. The average molecular weight is 984 g/mol. The van der Waals surface area contributed by atoms with Gasteiger partial charge < -0.3 is 14.2 Å². The van der Waals surface area contributed by atoms with E-state index in [-0.39, 0.29) is 37.5 Å². The standard InChI is InChI=1S/C65H106O6/c1-4-7-10-13-16-19-22-25-28-30-32-34-37-39-42-45-48-51-54-57-63(66)69-60-62(71-65(68)59-56-53-50-47-44-41-36-27-24-21-18-15-12-9-6-3)61-70-64(67)58-55-52-49-46-43-40-38-35-33-31-29-26-23-20-17-14-11-8-5-2/h16-17,19-21,24-26,28-29,32-35,39-40,42-43,48,51,62H,4-15,18,22-23,27,30-31,36-38,41,44-47,49-50,52-61H2,1-3H3/b19-16-,20-17-,24-21-,28-25-,29-26-,34-32-,35-33-,42-39-,43-40-,51-48-/t62-/m1/s1.